The van der Waals surface area contributed by atoms with Crippen molar-refractivity contribution in [2.75, 3.05) is 25.0 Å². The number of rotatable bonds is 4. The van der Waals surface area contributed by atoms with Crippen molar-refractivity contribution in [2.24, 2.45) is 5.92 Å². The number of likely N-dealkylation sites (tertiary alicyclic amines) is 1. The first-order valence-corrected chi connectivity index (χ1v) is 9.58. The Labute approximate surface area is 154 Å². The second-order valence-corrected chi connectivity index (χ2v) is 7.53. The fourth-order valence-electron chi connectivity index (χ4n) is 3.83. The van der Waals surface area contributed by atoms with Gasteiger partial charge in [-0.1, -0.05) is 24.4 Å². The van der Waals surface area contributed by atoms with Gasteiger partial charge in [0.15, 0.2) is 0 Å². The maximum absolute atomic E-state index is 12.0. The van der Waals surface area contributed by atoms with E-state index in [4.69, 9.17) is 11.6 Å². The van der Waals surface area contributed by atoms with E-state index in [-0.39, 0.29) is 0 Å². The summed E-state index contributed by atoms with van der Waals surface area (Å²) in [7, 11) is 0. The van der Waals surface area contributed by atoms with Gasteiger partial charge in [-0.25, -0.2) is 0 Å². The summed E-state index contributed by atoms with van der Waals surface area (Å²) < 4.78 is 0. The Morgan fingerprint density at radius 2 is 1.64 bits per heavy atom. The minimum atomic E-state index is -0.634. The molecule has 25 heavy (non-hydrogen) atoms. The molecule has 1 saturated heterocycles. The predicted octanol–water partition coefficient (Wildman–Crippen LogP) is 3.05. The van der Waals surface area contributed by atoms with Crippen molar-refractivity contribution >= 4 is 29.1 Å². The Bertz CT molecular complexity index is 591. The molecule has 0 aromatic heterocycles. The summed E-state index contributed by atoms with van der Waals surface area (Å²) in [5.41, 5.74) is 0.564. The topological polar surface area (TPSA) is 61.4 Å². The molecule has 2 fully saturated rings. The Morgan fingerprint density at radius 3 is 2.28 bits per heavy atom. The summed E-state index contributed by atoms with van der Waals surface area (Å²) in [6.07, 6.45) is 7.59. The van der Waals surface area contributed by atoms with Crippen LogP contribution in [0.25, 0.3) is 0 Å². The van der Waals surface area contributed by atoms with Gasteiger partial charge in [0.25, 0.3) is 0 Å². The van der Waals surface area contributed by atoms with E-state index < -0.39 is 11.8 Å². The molecule has 3 rings (SSSR count). The first-order chi connectivity index (χ1) is 12.1. The van der Waals surface area contributed by atoms with Crippen LogP contribution >= 0.6 is 11.6 Å². The van der Waals surface area contributed by atoms with Crippen LogP contribution in [0.2, 0.25) is 5.02 Å². The highest BCUT2D eigenvalue weighted by molar-refractivity contribution is 6.39. The van der Waals surface area contributed by atoms with Gasteiger partial charge in [-0.15, -0.1) is 0 Å². The van der Waals surface area contributed by atoms with Crippen molar-refractivity contribution < 1.29 is 9.59 Å². The SMILES string of the molecule is O=C(NCC1CCN(C2CCCC2)CC1)C(=O)Nc1ccc(Cl)cc1. The molecular formula is C19H26ClN3O2. The van der Waals surface area contributed by atoms with Crippen LogP contribution in [0.15, 0.2) is 24.3 Å². The Kier molecular flexibility index (Phi) is 6.32. The third kappa shape index (κ3) is 5.19. The predicted molar refractivity (Wildman–Crippen MR) is 99.6 cm³/mol. The second-order valence-electron chi connectivity index (χ2n) is 7.09. The van der Waals surface area contributed by atoms with Crippen molar-refractivity contribution in [1.29, 1.82) is 0 Å². The van der Waals surface area contributed by atoms with Crippen LogP contribution in [0.5, 0.6) is 0 Å². The number of nitrogens with zero attached hydrogens (tertiary/aromatic N) is 1. The summed E-state index contributed by atoms with van der Waals surface area (Å²) >= 11 is 5.80. The van der Waals surface area contributed by atoms with Gasteiger partial charge >= 0.3 is 11.8 Å². The van der Waals surface area contributed by atoms with Gasteiger partial charge in [0.2, 0.25) is 0 Å². The number of anilines is 1. The molecule has 0 atom stereocenters. The number of benzene rings is 1. The molecule has 0 spiro atoms. The summed E-state index contributed by atoms with van der Waals surface area (Å²) in [6, 6.07) is 7.47. The zero-order chi connectivity index (χ0) is 17.6. The number of carbonyl (C=O) groups is 2. The standard InChI is InChI=1S/C19H26ClN3O2/c20-15-5-7-16(8-6-15)22-19(25)18(24)21-13-14-9-11-23(12-10-14)17-3-1-2-4-17/h5-8,14,17H,1-4,9-13H2,(H,21,24)(H,22,25). The molecule has 2 N–H and O–H groups in total. The van der Waals surface area contributed by atoms with Crippen molar-refractivity contribution in [2.45, 2.75) is 44.6 Å². The van der Waals surface area contributed by atoms with Crippen LogP contribution in [0.4, 0.5) is 5.69 Å². The molecule has 6 heteroatoms. The van der Waals surface area contributed by atoms with Crippen LogP contribution in [-0.4, -0.2) is 42.4 Å². The molecule has 5 nitrogen and oxygen atoms in total. The average Bonchev–Trinajstić information content (AvgIpc) is 3.16. The van der Waals surface area contributed by atoms with Gasteiger partial charge in [0.05, 0.1) is 0 Å². The minimum Gasteiger partial charge on any atom is -0.348 e. The van der Waals surface area contributed by atoms with Gasteiger partial charge in [0.1, 0.15) is 0 Å². The summed E-state index contributed by atoms with van der Waals surface area (Å²) in [4.78, 5) is 26.5. The highest BCUT2D eigenvalue weighted by atomic mass is 35.5. The van der Waals surface area contributed by atoms with Gasteiger partial charge in [-0.05, 0) is 69.0 Å². The molecule has 1 aromatic rings. The third-order valence-electron chi connectivity index (χ3n) is 5.35. The Morgan fingerprint density at radius 1 is 1.00 bits per heavy atom. The highest BCUT2D eigenvalue weighted by Crippen LogP contribution is 2.27. The first-order valence-electron chi connectivity index (χ1n) is 9.20. The van der Waals surface area contributed by atoms with Crippen LogP contribution in [0.1, 0.15) is 38.5 Å². The molecule has 0 bridgehead atoms. The lowest BCUT2D eigenvalue weighted by molar-refractivity contribution is -0.136. The normalized spacial score (nSPS) is 19.7. The number of halogens is 1. The van der Waals surface area contributed by atoms with E-state index in [2.05, 4.69) is 15.5 Å². The maximum Gasteiger partial charge on any atom is 0.313 e. The number of nitrogens with one attached hydrogen (secondary N) is 2. The molecule has 1 heterocycles. The summed E-state index contributed by atoms with van der Waals surface area (Å²) in [5, 5.41) is 5.94. The van der Waals surface area contributed by atoms with Crippen molar-refractivity contribution in [3.63, 3.8) is 0 Å². The van der Waals surface area contributed by atoms with E-state index >= 15 is 0 Å². The molecule has 2 amide bonds. The minimum absolute atomic E-state index is 0.463. The van der Waals surface area contributed by atoms with Crippen molar-refractivity contribution in [1.82, 2.24) is 10.2 Å². The molecule has 2 aliphatic rings. The van der Waals surface area contributed by atoms with E-state index in [1.165, 1.54) is 25.7 Å². The van der Waals surface area contributed by atoms with E-state index in [9.17, 15) is 9.59 Å². The van der Waals surface area contributed by atoms with Crippen LogP contribution in [-0.2, 0) is 9.59 Å². The third-order valence-corrected chi connectivity index (χ3v) is 5.60. The molecule has 136 valence electrons. The lowest BCUT2D eigenvalue weighted by atomic mass is 9.95. The molecule has 1 aliphatic carbocycles. The summed E-state index contributed by atoms with van der Waals surface area (Å²) in [6.45, 7) is 2.80. The monoisotopic (exact) mass is 363 g/mol. The van der Waals surface area contributed by atoms with Gasteiger partial charge < -0.3 is 15.5 Å². The van der Waals surface area contributed by atoms with Crippen molar-refractivity contribution in [3.05, 3.63) is 29.3 Å². The quantitative estimate of drug-likeness (QED) is 0.808. The van der Waals surface area contributed by atoms with E-state index in [0.29, 0.717) is 23.2 Å². The molecule has 0 unspecified atom stereocenters. The molecule has 1 aromatic carbocycles. The van der Waals surface area contributed by atoms with Crippen LogP contribution in [0, 0.1) is 5.92 Å². The number of carbonyl (C=O) groups excluding carboxylic acids is 2. The lowest BCUT2D eigenvalue weighted by Gasteiger charge is -2.36. The number of hydrogen-bond acceptors (Lipinski definition) is 3. The zero-order valence-corrected chi connectivity index (χ0v) is 15.2. The first kappa shape index (κ1) is 18.2. The number of hydrogen-bond donors (Lipinski definition) is 2. The fourth-order valence-corrected chi connectivity index (χ4v) is 3.96. The number of piperidine rings is 1. The maximum atomic E-state index is 12.0. The van der Waals surface area contributed by atoms with Gasteiger partial charge in [-0.2, -0.15) is 0 Å². The van der Waals surface area contributed by atoms with Gasteiger partial charge in [-0.3, -0.25) is 9.59 Å². The Balaban J connectivity index is 1.37. The highest BCUT2D eigenvalue weighted by Gasteiger charge is 2.27. The zero-order valence-electron chi connectivity index (χ0n) is 14.5. The lowest BCUT2D eigenvalue weighted by Crippen LogP contribution is -2.44. The Hall–Kier alpha value is -1.59. The van der Waals surface area contributed by atoms with Gasteiger partial charge in [0, 0.05) is 23.3 Å². The average molecular weight is 364 g/mol. The van der Waals surface area contributed by atoms with E-state index in [0.717, 1.165) is 32.0 Å². The van der Waals surface area contributed by atoms with E-state index in [1.807, 2.05) is 0 Å². The smallest absolute Gasteiger partial charge is 0.313 e. The molecule has 0 radical (unpaired) electrons. The summed E-state index contributed by atoms with van der Waals surface area (Å²) in [5.74, 6) is -0.746. The largest absolute Gasteiger partial charge is 0.348 e. The van der Waals surface area contributed by atoms with E-state index in [1.54, 1.807) is 24.3 Å². The molecule has 1 saturated carbocycles. The van der Waals surface area contributed by atoms with Crippen LogP contribution < -0.4 is 10.6 Å². The fraction of sp³-hybridized carbons (Fsp3) is 0.579. The van der Waals surface area contributed by atoms with Crippen molar-refractivity contribution in [3.8, 4) is 0 Å². The molecular weight excluding hydrogens is 338 g/mol. The number of amides is 2. The second kappa shape index (κ2) is 8.68. The molecule has 1 aliphatic heterocycles. The van der Waals surface area contributed by atoms with Crippen LogP contribution in [0.3, 0.4) is 0 Å².